The molecule has 20 heteroatoms. The fraction of sp³-hybridized carbons (Fsp3) is 0.569. The summed E-state index contributed by atoms with van der Waals surface area (Å²) in [5, 5.41) is 38.0. The van der Waals surface area contributed by atoms with Crippen LogP contribution in [0.5, 0.6) is 5.75 Å². The standard InChI is InChI=1S/C51H75N11O9/c1-4-54-49(70)43-17-11-25-62(43)50(71)38(16-10-24-55-51(52)53)58-45(66)39(26-31(2)3)59-46(67)40(27-32-12-6-5-7-13-32)60-47(68)41(28-33-18-21-35(64)22-19-33)61-48(69)42(30-63)57-44(65)23-20-34-29-56-37-15-9-8-14-36(34)37/h8-9,14-15,18-19,21-22,29,31-32,38-43,56,63-64H,4-7,10-13,16-17,20,23-28,30H2,1-3H3,(H,54,70)(H,57,65)(H,58,66)(H,59,67)(H,60,68)(H,61,69)(H4,52,53,55)/t38-,39-,40+,41-,42-,43-/m0/s1. The van der Waals surface area contributed by atoms with Crippen LogP contribution in [0.25, 0.3) is 10.9 Å². The van der Waals surface area contributed by atoms with Gasteiger partial charge in [-0.3, -0.25) is 38.6 Å². The molecule has 13 N–H and O–H groups in total. The zero-order valence-electron chi connectivity index (χ0n) is 41.3. The number of aliphatic imine (C=N–C) groups is 1. The van der Waals surface area contributed by atoms with Gasteiger partial charge in [0.05, 0.1) is 6.61 Å². The van der Waals surface area contributed by atoms with Crippen molar-refractivity contribution in [2.75, 3.05) is 26.2 Å². The molecule has 6 atom stereocenters. The highest BCUT2D eigenvalue weighted by molar-refractivity contribution is 5.97. The number of benzene rings is 2. The average molecular weight is 986 g/mol. The molecule has 0 bridgehead atoms. The number of aromatic amines is 1. The number of aliphatic hydroxyl groups excluding tert-OH is 1. The van der Waals surface area contributed by atoms with Crippen molar-refractivity contribution in [1.82, 2.24) is 41.8 Å². The summed E-state index contributed by atoms with van der Waals surface area (Å²) >= 11 is 0. The summed E-state index contributed by atoms with van der Waals surface area (Å²) in [5.74, 6) is -4.21. The van der Waals surface area contributed by atoms with Gasteiger partial charge in [0.15, 0.2) is 5.96 Å². The summed E-state index contributed by atoms with van der Waals surface area (Å²) in [6.45, 7) is 5.70. The predicted molar refractivity (Wildman–Crippen MR) is 269 cm³/mol. The fourth-order valence-electron chi connectivity index (χ4n) is 9.46. The van der Waals surface area contributed by atoms with Gasteiger partial charge in [-0.15, -0.1) is 0 Å². The average Bonchev–Trinajstić information content (AvgIpc) is 4.01. The van der Waals surface area contributed by atoms with Gasteiger partial charge in [-0.2, -0.15) is 0 Å². The molecule has 1 aliphatic carbocycles. The van der Waals surface area contributed by atoms with Crippen molar-refractivity contribution < 1.29 is 43.8 Å². The zero-order valence-corrected chi connectivity index (χ0v) is 41.3. The Balaban J connectivity index is 1.34. The number of guanidine groups is 1. The van der Waals surface area contributed by atoms with E-state index in [-0.39, 0.29) is 68.1 Å². The molecule has 2 heterocycles. The van der Waals surface area contributed by atoms with Crippen molar-refractivity contribution in [1.29, 1.82) is 0 Å². The smallest absolute Gasteiger partial charge is 0.245 e. The first-order valence-electron chi connectivity index (χ1n) is 25.1. The number of carbonyl (C=O) groups excluding carboxylic acids is 7. The number of H-pyrrole nitrogens is 1. The monoisotopic (exact) mass is 986 g/mol. The minimum absolute atomic E-state index is 0.0140. The molecule has 5 rings (SSSR count). The van der Waals surface area contributed by atoms with Crippen molar-refractivity contribution >= 4 is 58.2 Å². The number of phenols is 1. The molecule has 0 spiro atoms. The lowest BCUT2D eigenvalue weighted by Crippen LogP contribution is -2.60. The quantitative estimate of drug-likeness (QED) is 0.0312. The Morgan fingerprint density at radius 3 is 2.13 bits per heavy atom. The number of amides is 7. The number of carbonyl (C=O) groups is 7. The van der Waals surface area contributed by atoms with Crippen LogP contribution >= 0.6 is 0 Å². The Bertz CT molecular complexity index is 2290. The Morgan fingerprint density at radius 2 is 1.44 bits per heavy atom. The van der Waals surface area contributed by atoms with E-state index in [9.17, 15) is 43.8 Å². The molecule has 7 amide bonds. The molecule has 1 aliphatic heterocycles. The van der Waals surface area contributed by atoms with Crippen LogP contribution in [0.2, 0.25) is 0 Å². The molecule has 20 nitrogen and oxygen atoms in total. The molecule has 1 saturated heterocycles. The van der Waals surface area contributed by atoms with Gasteiger partial charge in [0.2, 0.25) is 41.4 Å². The Morgan fingerprint density at radius 1 is 0.789 bits per heavy atom. The molecule has 71 heavy (non-hydrogen) atoms. The largest absolute Gasteiger partial charge is 0.508 e. The SMILES string of the molecule is CCNC(=O)[C@@H]1CCCN1C(=O)[C@H](CCCN=C(N)N)NC(=O)[C@H](CC(C)C)NC(=O)[C@@H](CC1CCCCC1)NC(=O)[C@H](Cc1ccc(O)cc1)NC(=O)[C@H](CO)NC(=O)CCc1c[nH]c2ccccc12. The highest BCUT2D eigenvalue weighted by atomic mass is 16.3. The third kappa shape index (κ3) is 17.0. The van der Waals surface area contributed by atoms with Crippen LogP contribution in [-0.2, 0) is 46.4 Å². The number of likely N-dealkylation sites (tertiary alicyclic amines) is 1. The van der Waals surface area contributed by atoms with E-state index in [1.54, 1.807) is 19.1 Å². The third-order valence-electron chi connectivity index (χ3n) is 13.2. The number of phenolic OH excluding ortho intramolecular Hbond substituents is 1. The molecule has 2 fully saturated rings. The molecule has 1 aromatic heterocycles. The van der Waals surface area contributed by atoms with E-state index in [1.807, 2.05) is 44.3 Å². The number of aryl methyl sites for hydroxylation is 1. The number of aromatic nitrogens is 1. The van der Waals surface area contributed by atoms with E-state index in [0.29, 0.717) is 44.3 Å². The summed E-state index contributed by atoms with van der Waals surface area (Å²) in [7, 11) is 0. The van der Waals surface area contributed by atoms with Gasteiger partial charge < -0.3 is 63.5 Å². The molecule has 2 aliphatic rings. The fourth-order valence-corrected chi connectivity index (χ4v) is 9.46. The van der Waals surface area contributed by atoms with E-state index < -0.39 is 78.3 Å². The van der Waals surface area contributed by atoms with E-state index in [1.165, 1.54) is 17.0 Å². The minimum Gasteiger partial charge on any atom is -0.508 e. The molecule has 388 valence electrons. The van der Waals surface area contributed by atoms with Gasteiger partial charge in [-0.25, -0.2) is 0 Å². The zero-order chi connectivity index (χ0) is 51.5. The van der Waals surface area contributed by atoms with Crippen LogP contribution in [0.4, 0.5) is 0 Å². The van der Waals surface area contributed by atoms with Gasteiger partial charge in [0.1, 0.15) is 42.0 Å². The first kappa shape index (κ1) is 55.2. The maximum atomic E-state index is 14.6. The molecule has 1 saturated carbocycles. The van der Waals surface area contributed by atoms with Crippen LogP contribution in [0.3, 0.4) is 0 Å². The highest BCUT2D eigenvalue weighted by Gasteiger charge is 2.39. The third-order valence-corrected chi connectivity index (χ3v) is 13.2. The number of likely N-dealkylation sites (N-methyl/N-ethyl adjacent to an activating group) is 1. The van der Waals surface area contributed by atoms with E-state index >= 15 is 0 Å². The van der Waals surface area contributed by atoms with Gasteiger partial charge in [0, 0.05) is 49.6 Å². The Hall–Kier alpha value is -6.70. The first-order valence-corrected chi connectivity index (χ1v) is 25.1. The molecular formula is C51H75N11O9. The molecule has 3 aromatic rings. The highest BCUT2D eigenvalue weighted by Crippen LogP contribution is 2.28. The van der Waals surface area contributed by atoms with E-state index in [4.69, 9.17) is 11.5 Å². The minimum atomic E-state index is -1.41. The summed E-state index contributed by atoms with van der Waals surface area (Å²) in [4.78, 5) is 106. The van der Waals surface area contributed by atoms with E-state index in [2.05, 4.69) is 41.9 Å². The predicted octanol–water partition coefficient (Wildman–Crippen LogP) is 1.66. The molecular weight excluding hydrogens is 911 g/mol. The molecule has 2 aromatic carbocycles. The van der Waals surface area contributed by atoms with Crippen LogP contribution in [0.1, 0.15) is 109 Å². The van der Waals surface area contributed by atoms with Crippen molar-refractivity contribution in [2.24, 2.45) is 28.3 Å². The summed E-state index contributed by atoms with van der Waals surface area (Å²) in [6, 6.07) is 6.89. The topological polar surface area (TPSA) is 316 Å². The Labute approximate surface area is 415 Å². The van der Waals surface area contributed by atoms with Crippen LogP contribution in [-0.4, -0.2) is 130 Å². The van der Waals surface area contributed by atoms with Crippen molar-refractivity contribution in [2.45, 2.75) is 147 Å². The second-order valence-electron chi connectivity index (χ2n) is 19.2. The van der Waals surface area contributed by atoms with Gasteiger partial charge in [-0.1, -0.05) is 76.3 Å². The van der Waals surface area contributed by atoms with Gasteiger partial charge in [0.25, 0.3) is 0 Å². The number of aliphatic hydroxyl groups is 1. The number of aromatic hydroxyl groups is 1. The normalized spacial score (nSPS) is 17.0. The number of nitrogens with two attached hydrogens (primary N) is 2. The first-order chi connectivity index (χ1) is 34.1. The number of hydrogen-bond acceptors (Lipinski definition) is 10. The van der Waals surface area contributed by atoms with E-state index in [0.717, 1.165) is 48.6 Å². The van der Waals surface area contributed by atoms with Crippen LogP contribution in [0.15, 0.2) is 59.7 Å². The maximum Gasteiger partial charge on any atom is 0.245 e. The second-order valence-corrected chi connectivity index (χ2v) is 19.2. The lowest BCUT2D eigenvalue weighted by molar-refractivity contribution is -0.142. The van der Waals surface area contributed by atoms with Crippen molar-refractivity contribution in [3.63, 3.8) is 0 Å². The summed E-state index contributed by atoms with van der Waals surface area (Å²) in [6.07, 6.45) is 8.63. The lowest BCUT2D eigenvalue weighted by Gasteiger charge is -2.31. The maximum absolute atomic E-state index is 14.6. The van der Waals surface area contributed by atoms with Gasteiger partial charge in [-0.05, 0) is 93.0 Å². The number of fused-ring (bicyclic) bond motifs is 1. The number of para-hydroxylation sites is 1. The lowest BCUT2D eigenvalue weighted by atomic mass is 9.84. The number of hydrogen-bond donors (Lipinski definition) is 11. The van der Waals surface area contributed by atoms with Gasteiger partial charge >= 0.3 is 0 Å². The number of nitrogens with one attached hydrogen (secondary N) is 7. The summed E-state index contributed by atoms with van der Waals surface area (Å²) < 4.78 is 0. The summed E-state index contributed by atoms with van der Waals surface area (Å²) in [5.41, 5.74) is 13.5. The van der Waals surface area contributed by atoms with Crippen LogP contribution < -0.4 is 43.4 Å². The second kappa shape index (κ2) is 27.6. The molecule has 0 unspecified atom stereocenters. The number of nitrogens with zero attached hydrogens (tertiary/aromatic N) is 2. The van der Waals surface area contributed by atoms with Crippen molar-refractivity contribution in [3.8, 4) is 5.75 Å². The number of rotatable bonds is 26. The van der Waals surface area contributed by atoms with Crippen LogP contribution in [0, 0.1) is 11.8 Å². The molecule has 0 radical (unpaired) electrons. The Kier molecular flexibility index (Phi) is 21.5. The van der Waals surface area contributed by atoms with Crippen molar-refractivity contribution in [3.05, 3.63) is 65.9 Å².